The van der Waals surface area contributed by atoms with Crippen LogP contribution in [0.2, 0.25) is 0 Å². The van der Waals surface area contributed by atoms with Crippen LogP contribution in [-0.4, -0.2) is 36.5 Å². The van der Waals surface area contributed by atoms with Crippen molar-refractivity contribution < 1.29 is 45.4 Å². The maximum atomic E-state index is 14.5. The zero-order valence-electron chi connectivity index (χ0n) is 22.0. The third-order valence-corrected chi connectivity index (χ3v) is 5.98. The van der Waals surface area contributed by atoms with Gasteiger partial charge in [-0.05, 0) is 49.9 Å². The van der Waals surface area contributed by atoms with Crippen molar-refractivity contribution in [1.29, 1.82) is 0 Å². The van der Waals surface area contributed by atoms with Gasteiger partial charge in [0.2, 0.25) is 5.41 Å². The highest BCUT2D eigenvalue weighted by molar-refractivity contribution is 5.87. The van der Waals surface area contributed by atoms with Crippen molar-refractivity contribution in [2.45, 2.75) is 70.5 Å². The van der Waals surface area contributed by atoms with Crippen molar-refractivity contribution in [2.24, 2.45) is 0 Å². The van der Waals surface area contributed by atoms with E-state index in [1.807, 2.05) is 0 Å². The van der Waals surface area contributed by atoms with E-state index in [2.05, 4.69) is 13.2 Å². The number of hydrogen-bond acceptors (Lipinski definition) is 4. The van der Waals surface area contributed by atoms with Crippen molar-refractivity contribution in [3.63, 3.8) is 0 Å². The van der Waals surface area contributed by atoms with Crippen molar-refractivity contribution >= 4 is 11.9 Å². The van der Waals surface area contributed by atoms with E-state index < -0.39 is 53.0 Å². The van der Waals surface area contributed by atoms with Gasteiger partial charge in [-0.3, -0.25) is 0 Å². The van der Waals surface area contributed by atoms with E-state index in [1.165, 1.54) is 13.8 Å². The van der Waals surface area contributed by atoms with Crippen molar-refractivity contribution in [1.82, 2.24) is 0 Å². The standard InChI is InChI=1S/C29H30F6O4/c1-17(2)25(36)38-19(5)15-21-7-11-23(12-8-21)27(28(30,31)32,29(33,34)35)24-13-9-22(10-14-24)16-20(6)39-26(37)18(3)4/h7-14,19-20H,1,3,15-16H2,2,4-6H3. The Morgan fingerprint density at radius 1 is 0.667 bits per heavy atom. The third-order valence-electron chi connectivity index (χ3n) is 5.98. The Hall–Kier alpha value is -3.56. The highest BCUT2D eigenvalue weighted by Crippen LogP contribution is 2.56. The minimum Gasteiger partial charge on any atom is -0.459 e. The highest BCUT2D eigenvalue weighted by Gasteiger charge is 2.72. The number of hydrogen-bond donors (Lipinski definition) is 0. The van der Waals surface area contributed by atoms with E-state index in [0.717, 1.165) is 48.5 Å². The monoisotopic (exact) mass is 556 g/mol. The van der Waals surface area contributed by atoms with Gasteiger partial charge in [-0.15, -0.1) is 0 Å². The molecule has 0 amide bonds. The van der Waals surface area contributed by atoms with Gasteiger partial charge in [-0.1, -0.05) is 61.7 Å². The largest absolute Gasteiger partial charge is 0.459 e. The van der Waals surface area contributed by atoms with Crippen LogP contribution in [0.5, 0.6) is 0 Å². The highest BCUT2D eigenvalue weighted by atomic mass is 19.4. The second-order valence-corrected chi connectivity index (χ2v) is 9.54. The van der Waals surface area contributed by atoms with Gasteiger partial charge in [-0.25, -0.2) is 9.59 Å². The molecule has 0 spiro atoms. The van der Waals surface area contributed by atoms with Gasteiger partial charge >= 0.3 is 24.3 Å². The predicted octanol–water partition coefficient (Wildman–Crippen LogP) is 7.20. The molecular weight excluding hydrogens is 526 g/mol. The summed E-state index contributed by atoms with van der Waals surface area (Å²) >= 11 is 0. The second kappa shape index (κ2) is 12.1. The molecule has 0 heterocycles. The molecule has 4 nitrogen and oxygen atoms in total. The Labute approximate surface area is 223 Å². The van der Waals surface area contributed by atoms with Crippen LogP contribution in [0.25, 0.3) is 0 Å². The summed E-state index contributed by atoms with van der Waals surface area (Å²) in [6, 6.07) is 7.76. The van der Waals surface area contributed by atoms with Crippen molar-refractivity contribution in [3.05, 3.63) is 95.1 Å². The first-order valence-corrected chi connectivity index (χ1v) is 11.9. The summed E-state index contributed by atoms with van der Waals surface area (Å²) in [5.74, 6) is -1.31. The summed E-state index contributed by atoms with van der Waals surface area (Å²) in [5.41, 5.74) is -5.23. The lowest BCUT2D eigenvalue weighted by Gasteiger charge is -2.38. The fourth-order valence-electron chi connectivity index (χ4n) is 4.08. The van der Waals surface area contributed by atoms with Gasteiger partial charge in [-0.2, -0.15) is 26.3 Å². The average molecular weight is 557 g/mol. The minimum absolute atomic E-state index is 0.0766. The third kappa shape index (κ3) is 7.30. The lowest BCUT2D eigenvalue weighted by molar-refractivity contribution is -0.288. The molecule has 0 N–H and O–H groups in total. The fraction of sp³-hybridized carbons (Fsp3) is 0.379. The zero-order valence-corrected chi connectivity index (χ0v) is 22.0. The molecular formula is C29H30F6O4. The van der Waals surface area contributed by atoms with E-state index in [0.29, 0.717) is 11.1 Å². The topological polar surface area (TPSA) is 52.6 Å². The molecule has 2 aromatic carbocycles. The van der Waals surface area contributed by atoms with E-state index >= 15 is 0 Å². The number of alkyl halides is 6. The van der Waals surface area contributed by atoms with Crippen LogP contribution in [0.1, 0.15) is 49.9 Å². The maximum Gasteiger partial charge on any atom is 0.411 e. The van der Waals surface area contributed by atoms with E-state index in [9.17, 15) is 35.9 Å². The quantitative estimate of drug-likeness (QED) is 0.177. The minimum atomic E-state index is -5.73. The van der Waals surface area contributed by atoms with Gasteiger partial charge in [0.15, 0.2) is 0 Å². The van der Waals surface area contributed by atoms with Crippen molar-refractivity contribution in [2.75, 3.05) is 0 Å². The zero-order chi connectivity index (χ0) is 29.8. The molecule has 0 aliphatic carbocycles. The van der Waals surface area contributed by atoms with Gasteiger partial charge in [0, 0.05) is 24.0 Å². The number of benzene rings is 2. The van der Waals surface area contributed by atoms with Crippen LogP contribution in [0.4, 0.5) is 26.3 Å². The molecule has 0 saturated carbocycles. The normalized spacial score (nSPS) is 13.8. The molecule has 0 aliphatic heterocycles. The van der Waals surface area contributed by atoms with Gasteiger partial charge < -0.3 is 9.47 Å². The number of esters is 2. The molecule has 0 aliphatic rings. The smallest absolute Gasteiger partial charge is 0.411 e. The average Bonchev–Trinajstić information content (AvgIpc) is 2.79. The Bertz CT molecular complexity index is 1100. The van der Waals surface area contributed by atoms with Crippen LogP contribution in [-0.2, 0) is 37.3 Å². The number of carbonyl (C=O) groups is 2. The summed E-state index contributed by atoms with van der Waals surface area (Å²) in [4.78, 5) is 23.3. The number of rotatable bonds is 10. The lowest BCUT2D eigenvalue weighted by atomic mass is 9.72. The van der Waals surface area contributed by atoms with Crippen molar-refractivity contribution in [3.8, 4) is 0 Å². The molecule has 0 fully saturated rings. The van der Waals surface area contributed by atoms with E-state index in [-0.39, 0.29) is 24.0 Å². The van der Waals surface area contributed by atoms with Crippen LogP contribution in [0.3, 0.4) is 0 Å². The lowest BCUT2D eigenvalue weighted by Crippen LogP contribution is -2.54. The summed E-state index contributed by atoms with van der Waals surface area (Å²) in [6.07, 6.45) is -12.7. The number of ether oxygens (including phenoxy) is 2. The van der Waals surface area contributed by atoms with Crippen LogP contribution < -0.4 is 0 Å². The molecule has 0 bridgehead atoms. The molecule has 2 atom stereocenters. The molecule has 10 heteroatoms. The molecule has 0 aromatic heterocycles. The number of halogens is 6. The summed E-state index contributed by atoms with van der Waals surface area (Å²) in [7, 11) is 0. The Morgan fingerprint density at radius 3 is 1.18 bits per heavy atom. The summed E-state index contributed by atoms with van der Waals surface area (Å²) in [6.45, 7) is 12.9. The first-order valence-electron chi connectivity index (χ1n) is 11.9. The summed E-state index contributed by atoms with van der Waals surface area (Å²) < 4.78 is 97.0. The Morgan fingerprint density at radius 2 is 0.949 bits per heavy atom. The first-order chi connectivity index (χ1) is 17.9. The molecule has 0 saturated heterocycles. The molecule has 212 valence electrons. The second-order valence-electron chi connectivity index (χ2n) is 9.54. The number of carbonyl (C=O) groups excluding carboxylic acids is 2. The Balaban J connectivity index is 2.44. The molecule has 39 heavy (non-hydrogen) atoms. The fourth-order valence-corrected chi connectivity index (χ4v) is 4.08. The van der Waals surface area contributed by atoms with Gasteiger partial charge in [0.1, 0.15) is 12.2 Å². The maximum absolute atomic E-state index is 14.5. The van der Waals surface area contributed by atoms with Crippen LogP contribution in [0.15, 0.2) is 72.8 Å². The van der Waals surface area contributed by atoms with Crippen LogP contribution in [0, 0.1) is 0 Å². The van der Waals surface area contributed by atoms with E-state index in [4.69, 9.17) is 9.47 Å². The Kier molecular flexibility index (Phi) is 9.81. The van der Waals surface area contributed by atoms with Gasteiger partial charge in [0.05, 0.1) is 0 Å². The first kappa shape index (κ1) is 31.7. The predicted molar refractivity (Wildman–Crippen MR) is 134 cm³/mol. The van der Waals surface area contributed by atoms with E-state index in [1.54, 1.807) is 13.8 Å². The summed E-state index contributed by atoms with van der Waals surface area (Å²) in [5, 5.41) is 0. The molecule has 0 radical (unpaired) electrons. The molecule has 2 unspecified atom stereocenters. The van der Waals surface area contributed by atoms with Gasteiger partial charge in [0.25, 0.3) is 0 Å². The van der Waals surface area contributed by atoms with Crippen LogP contribution >= 0.6 is 0 Å². The molecule has 2 aromatic rings. The SMILES string of the molecule is C=C(C)C(=O)OC(C)Cc1ccc(C(c2ccc(CC(C)OC(=O)C(=C)C)cc2)(C(F)(F)F)C(F)(F)F)cc1. The molecule has 2 rings (SSSR count).